The first-order valence-corrected chi connectivity index (χ1v) is 13.1. The van der Waals surface area contributed by atoms with Crippen molar-refractivity contribution in [1.29, 1.82) is 0 Å². The maximum atomic E-state index is 14.0. The highest BCUT2D eigenvalue weighted by molar-refractivity contribution is 6.10. The number of aliphatic hydroxyl groups is 1. The molecule has 1 aliphatic carbocycles. The molecule has 3 N–H and O–H groups in total. The number of Topliss-reactive ketones (excluding diaryl/α,β-unsaturated/α-hetero) is 1. The second-order valence-electron chi connectivity index (χ2n) is 10.8. The zero-order valence-electron chi connectivity index (χ0n) is 23.3. The molecule has 4 rings (SSSR count). The van der Waals surface area contributed by atoms with Crippen LogP contribution in [-0.2, 0) is 14.4 Å². The van der Waals surface area contributed by atoms with E-state index in [0.717, 1.165) is 22.3 Å². The lowest BCUT2D eigenvalue weighted by Gasteiger charge is -2.44. The average molecular weight is 529 g/mol. The molecule has 0 aliphatic heterocycles. The van der Waals surface area contributed by atoms with E-state index in [1.54, 1.807) is 30.3 Å². The fourth-order valence-electron chi connectivity index (χ4n) is 5.74. The van der Waals surface area contributed by atoms with Gasteiger partial charge in [-0.3, -0.25) is 14.4 Å². The zero-order valence-corrected chi connectivity index (χ0v) is 23.3. The first-order chi connectivity index (χ1) is 18.4. The van der Waals surface area contributed by atoms with E-state index in [-0.39, 0.29) is 6.42 Å². The fourth-order valence-corrected chi connectivity index (χ4v) is 5.74. The number of methoxy groups -OCH3 is 1. The minimum absolute atomic E-state index is 0.339. The quantitative estimate of drug-likeness (QED) is 0.379. The maximum Gasteiger partial charge on any atom is 0.235 e. The number of anilines is 2. The molecule has 0 radical (unpaired) electrons. The van der Waals surface area contributed by atoms with Gasteiger partial charge in [-0.2, -0.15) is 0 Å². The number of carbonyl (C=O) groups is 3. The van der Waals surface area contributed by atoms with Crippen molar-refractivity contribution >= 4 is 29.0 Å². The van der Waals surface area contributed by atoms with Crippen molar-refractivity contribution in [1.82, 2.24) is 0 Å². The van der Waals surface area contributed by atoms with Crippen LogP contribution in [0.5, 0.6) is 5.75 Å². The summed E-state index contributed by atoms with van der Waals surface area (Å²) in [5.74, 6) is -4.33. The third-order valence-electron chi connectivity index (χ3n) is 7.61. The summed E-state index contributed by atoms with van der Waals surface area (Å²) >= 11 is 0. The van der Waals surface area contributed by atoms with Crippen molar-refractivity contribution in [2.75, 3.05) is 17.7 Å². The molecule has 0 bridgehead atoms. The zero-order chi connectivity index (χ0) is 28.5. The Morgan fingerprint density at radius 3 is 1.95 bits per heavy atom. The first kappa shape index (κ1) is 28.0. The number of hydrogen-bond donors (Lipinski definition) is 3. The van der Waals surface area contributed by atoms with Gasteiger partial charge in [0.1, 0.15) is 17.5 Å². The predicted octanol–water partition coefficient (Wildman–Crippen LogP) is 5.25. The van der Waals surface area contributed by atoms with Gasteiger partial charge in [0.2, 0.25) is 11.8 Å². The molecule has 0 saturated heterocycles. The molecule has 7 nitrogen and oxygen atoms in total. The molecule has 0 spiro atoms. The summed E-state index contributed by atoms with van der Waals surface area (Å²) in [4.78, 5) is 41.4. The predicted molar refractivity (Wildman–Crippen MR) is 152 cm³/mol. The largest absolute Gasteiger partial charge is 0.496 e. The highest BCUT2D eigenvalue weighted by atomic mass is 16.5. The summed E-state index contributed by atoms with van der Waals surface area (Å²) in [6.45, 7) is 9.18. The lowest BCUT2D eigenvalue weighted by Crippen LogP contribution is -2.56. The van der Waals surface area contributed by atoms with E-state index < -0.39 is 41.0 Å². The van der Waals surface area contributed by atoms with Crippen LogP contribution in [0.25, 0.3) is 0 Å². The lowest BCUT2D eigenvalue weighted by atomic mass is 9.61. The summed E-state index contributed by atoms with van der Waals surface area (Å²) in [6.07, 6.45) is -0.339. The molecule has 204 valence electrons. The number of aryl methyl sites for hydroxylation is 4. The van der Waals surface area contributed by atoms with E-state index in [0.29, 0.717) is 22.7 Å². The van der Waals surface area contributed by atoms with Gasteiger partial charge in [-0.1, -0.05) is 53.6 Å². The van der Waals surface area contributed by atoms with Gasteiger partial charge in [0.15, 0.2) is 0 Å². The molecule has 39 heavy (non-hydrogen) atoms. The first-order valence-electron chi connectivity index (χ1n) is 13.1. The monoisotopic (exact) mass is 528 g/mol. The van der Waals surface area contributed by atoms with E-state index in [2.05, 4.69) is 10.6 Å². The third kappa shape index (κ3) is 5.73. The standard InChI is InChI=1S/C32H36N2O5/c1-18-11-13-23(20(3)15-18)33-30(36)28-25(35)17-32(5,38)29(27(28)22-9-7-8-10-26(22)39-6)31(37)34-24-14-12-19(2)16-21(24)4/h7-16,27-29,38H,17H2,1-6H3,(H,33,36)(H,34,37). The van der Waals surface area contributed by atoms with E-state index >= 15 is 0 Å². The van der Waals surface area contributed by atoms with Crippen LogP contribution < -0.4 is 15.4 Å². The summed E-state index contributed by atoms with van der Waals surface area (Å²) in [7, 11) is 1.50. The number of benzene rings is 3. The van der Waals surface area contributed by atoms with Gasteiger partial charge in [-0.25, -0.2) is 0 Å². The van der Waals surface area contributed by atoms with E-state index in [1.165, 1.54) is 14.0 Å². The molecule has 7 heteroatoms. The normalized spacial score (nSPS) is 22.7. The molecule has 1 fully saturated rings. The Morgan fingerprint density at radius 1 is 0.872 bits per heavy atom. The minimum atomic E-state index is -1.71. The second-order valence-corrected chi connectivity index (χ2v) is 10.8. The van der Waals surface area contributed by atoms with Crippen molar-refractivity contribution < 1.29 is 24.2 Å². The topological polar surface area (TPSA) is 105 Å². The van der Waals surface area contributed by atoms with Crippen LogP contribution >= 0.6 is 0 Å². The van der Waals surface area contributed by atoms with E-state index in [1.807, 2.05) is 58.0 Å². The van der Waals surface area contributed by atoms with Crippen LogP contribution in [0.4, 0.5) is 11.4 Å². The number of carbonyl (C=O) groups excluding carboxylic acids is 3. The van der Waals surface area contributed by atoms with E-state index in [9.17, 15) is 19.5 Å². The number of nitrogens with one attached hydrogen (secondary N) is 2. The van der Waals surface area contributed by atoms with Gasteiger partial charge >= 0.3 is 0 Å². The number of para-hydroxylation sites is 1. The summed E-state index contributed by atoms with van der Waals surface area (Å²) in [6, 6.07) is 18.3. The molecule has 0 heterocycles. The highest BCUT2D eigenvalue weighted by Gasteiger charge is 2.56. The number of ketones is 1. The molecule has 4 atom stereocenters. The Bertz CT molecular complexity index is 1430. The number of rotatable bonds is 6. The molecule has 0 aromatic heterocycles. The maximum absolute atomic E-state index is 14.0. The van der Waals surface area contributed by atoms with Crippen molar-refractivity contribution in [3.8, 4) is 5.75 Å². The molecule has 4 unspecified atom stereocenters. The Balaban J connectivity index is 1.81. The van der Waals surface area contributed by atoms with Crippen LogP contribution in [0.3, 0.4) is 0 Å². The van der Waals surface area contributed by atoms with Crippen LogP contribution in [0.15, 0.2) is 60.7 Å². The number of amides is 2. The molecule has 3 aromatic rings. The lowest BCUT2D eigenvalue weighted by molar-refractivity contribution is -0.150. The summed E-state index contributed by atoms with van der Waals surface area (Å²) in [5.41, 5.74) is 3.82. The molecule has 3 aromatic carbocycles. The Hall–Kier alpha value is -3.97. The van der Waals surface area contributed by atoms with Gasteiger partial charge in [0.05, 0.1) is 18.6 Å². The van der Waals surface area contributed by atoms with Crippen molar-refractivity contribution in [3.63, 3.8) is 0 Å². The van der Waals surface area contributed by atoms with Crippen molar-refractivity contribution in [3.05, 3.63) is 88.5 Å². The summed E-state index contributed by atoms with van der Waals surface area (Å²) < 4.78 is 5.60. The van der Waals surface area contributed by atoms with Crippen LogP contribution in [0, 0.1) is 39.5 Å². The molecule has 1 aliphatic rings. The Labute approximate surface area is 229 Å². The number of hydrogen-bond acceptors (Lipinski definition) is 5. The van der Waals surface area contributed by atoms with Crippen molar-refractivity contribution in [2.24, 2.45) is 11.8 Å². The average Bonchev–Trinajstić information content (AvgIpc) is 2.86. The van der Waals surface area contributed by atoms with Gasteiger partial charge in [0.25, 0.3) is 0 Å². The number of ether oxygens (including phenoxy) is 1. The Morgan fingerprint density at radius 2 is 1.41 bits per heavy atom. The highest BCUT2D eigenvalue weighted by Crippen LogP contribution is 2.49. The summed E-state index contributed by atoms with van der Waals surface area (Å²) in [5, 5.41) is 17.4. The molecule has 1 saturated carbocycles. The van der Waals surface area contributed by atoms with Gasteiger partial charge in [0, 0.05) is 23.7 Å². The smallest absolute Gasteiger partial charge is 0.235 e. The van der Waals surface area contributed by atoms with E-state index in [4.69, 9.17) is 4.74 Å². The van der Waals surface area contributed by atoms with Crippen LogP contribution in [0.2, 0.25) is 0 Å². The Kier molecular flexibility index (Phi) is 7.93. The van der Waals surface area contributed by atoms with Crippen LogP contribution in [-0.4, -0.2) is 35.4 Å². The van der Waals surface area contributed by atoms with Gasteiger partial charge in [-0.15, -0.1) is 0 Å². The van der Waals surface area contributed by atoms with Gasteiger partial charge < -0.3 is 20.5 Å². The van der Waals surface area contributed by atoms with Crippen molar-refractivity contribution in [2.45, 2.75) is 52.6 Å². The molecular weight excluding hydrogens is 492 g/mol. The molecular formula is C32H36N2O5. The van der Waals surface area contributed by atoms with Crippen LogP contribution in [0.1, 0.15) is 47.1 Å². The minimum Gasteiger partial charge on any atom is -0.496 e. The molecule has 2 amide bonds. The second kappa shape index (κ2) is 11.0. The SMILES string of the molecule is COc1ccccc1C1C(C(=O)Nc2ccc(C)cc2C)C(=O)CC(C)(O)C1C(=O)Nc1ccc(C)cc1C. The van der Waals surface area contributed by atoms with Gasteiger partial charge in [-0.05, 0) is 69.5 Å². The third-order valence-corrected chi connectivity index (χ3v) is 7.61. The fraction of sp³-hybridized carbons (Fsp3) is 0.344.